The number of ether oxygens (including phenoxy) is 1. The van der Waals surface area contributed by atoms with Crippen molar-refractivity contribution in [3.8, 4) is 5.75 Å². The molecule has 3 aromatic rings. The number of benzene rings is 3. The number of hydrogen-bond donors (Lipinski definition) is 0. The predicted molar refractivity (Wildman–Crippen MR) is 123 cm³/mol. The Balaban J connectivity index is 1.67. The Kier molecular flexibility index (Phi) is 5.35. The van der Waals surface area contributed by atoms with Crippen LogP contribution in [0.2, 0.25) is 0 Å². The van der Waals surface area contributed by atoms with Gasteiger partial charge < -0.3 is 4.74 Å². The summed E-state index contributed by atoms with van der Waals surface area (Å²) in [5, 5.41) is 0. The van der Waals surface area contributed by atoms with Gasteiger partial charge in [0, 0.05) is 11.5 Å². The van der Waals surface area contributed by atoms with Gasteiger partial charge >= 0.3 is 0 Å². The lowest BCUT2D eigenvalue weighted by molar-refractivity contribution is 0.154. The van der Waals surface area contributed by atoms with Crippen LogP contribution in [0.4, 0.5) is 0 Å². The predicted octanol–water partition coefficient (Wildman–Crippen LogP) is 5.44. The first kappa shape index (κ1) is 19.4. The van der Waals surface area contributed by atoms with E-state index in [1.54, 1.807) is 7.11 Å². The summed E-state index contributed by atoms with van der Waals surface area (Å²) in [6, 6.07) is 29.5. The molecule has 5 rings (SSSR count). The Morgan fingerprint density at radius 1 is 0.833 bits per heavy atom. The summed E-state index contributed by atoms with van der Waals surface area (Å²) in [5.74, 6) is 0.973. The highest BCUT2D eigenvalue weighted by Crippen LogP contribution is 2.48. The van der Waals surface area contributed by atoms with E-state index >= 15 is 0 Å². The summed E-state index contributed by atoms with van der Waals surface area (Å²) < 4.78 is 5.68. The molecule has 154 valence electrons. The Morgan fingerprint density at radius 3 is 2.00 bits per heavy atom. The van der Waals surface area contributed by atoms with Crippen molar-refractivity contribution >= 4 is 0 Å². The van der Waals surface area contributed by atoms with Crippen LogP contribution in [0.15, 0.2) is 78.9 Å². The summed E-state index contributed by atoms with van der Waals surface area (Å²) in [5.41, 5.74) is 5.89. The fourth-order valence-corrected chi connectivity index (χ4v) is 5.85. The van der Waals surface area contributed by atoms with Crippen molar-refractivity contribution in [3.63, 3.8) is 0 Å². The zero-order chi connectivity index (χ0) is 20.4. The summed E-state index contributed by atoms with van der Waals surface area (Å²) in [6.07, 6.45) is 5.90. The molecule has 1 heterocycles. The molecule has 1 aliphatic carbocycles. The highest BCUT2D eigenvalue weighted by Gasteiger charge is 2.49. The molecule has 1 fully saturated rings. The minimum Gasteiger partial charge on any atom is -0.497 e. The second-order valence-electron chi connectivity index (χ2n) is 8.97. The van der Waals surface area contributed by atoms with Crippen molar-refractivity contribution < 1.29 is 4.74 Å². The Hall–Kier alpha value is -2.58. The molecule has 1 aliphatic heterocycles. The van der Waals surface area contributed by atoms with Crippen LogP contribution < -0.4 is 4.74 Å². The zero-order valence-electron chi connectivity index (χ0n) is 17.9. The van der Waals surface area contributed by atoms with Gasteiger partial charge in [-0.1, -0.05) is 66.7 Å². The lowest BCUT2D eigenvalue weighted by Gasteiger charge is -2.42. The van der Waals surface area contributed by atoms with Crippen LogP contribution in [0.25, 0.3) is 0 Å². The van der Waals surface area contributed by atoms with Crippen molar-refractivity contribution in [2.75, 3.05) is 20.2 Å². The molecule has 2 aliphatic rings. The molecule has 1 unspecified atom stereocenters. The molecule has 3 aromatic carbocycles. The van der Waals surface area contributed by atoms with E-state index in [-0.39, 0.29) is 5.41 Å². The molecule has 0 bridgehead atoms. The minimum absolute atomic E-state index is 0.0525. The van der Waals surface area contributed by atoms with Gasteiger partial charge in [-0.2, -0.15) is 0 Å². The third kappa shape index (κ3) is 3.54. The summed E-state index contributed by atoms with van der Waals surface area (Å²) in [7, 11) is 1.78. The number of nitrogens with zero attached hydrogens (tertiary/aromatic N) is 1. The number of fused-ring (bicyclic) bond motifs is 1. The van der Waals surface area contributed by atoms with Gasteiger partial charge in [0.2, 0.25) is 0 Å². The second-order valence-corrected chi connectivity index (χ2v) is 8.97. The molecule has 0 saturated carbocycles. The first-order chi connectivity index (χ1) is 14.8. The van der Waals surface area contributed by atoms with E-state index in [4.69, 9.17) is 4.74 Å². The molecule has 1 atom stereocenters. The van der Waals surface area contributed by atoms with Crippen molar-refractivity contribution in [1.29, 1.82) is 0 Å². The molecule has 2 nitrogen and oxygen atoms in total. The van der Waals surface area contributed by atoms with E-state index in [1.807, 2.05) is 0 Å². The topological polar surface area (TPSA) is 12.5 Å². The molecule has 2 heteroatoms. The van der Waals surface area contributed by atoms with Gasteiger partial charge in [-0.15, -0.1) is 0 Å². The van der Waals surface area contributed by atoms with Crippen LogP contribution in [0.3, 0.4) is 0 Å². The maximum Gasteiger partial charge on any atom is 0.119 e. The third-order valence-electron chi connectivity index (χ3n) is 7.21. The molecule has 0 spiro atoms. The maximum atomic E-state index is 5.68. The van der Waals surface area contributed by atoms with Gasteiger partial charge in [0.15, 0.2) is 0 Å². The van der Waals surface area contributed by atoms with Crippen molar-refractivity contribution in [2.24, 2.45) is 0 Å². The Morgan fingerprint density at radius 2 is 1.43 bits per heavy atom. The summed E-state index contributed by atoms with van der Waals surface area (Å²) >= 11 is 0. The normalized spacial score (nSPS) is 20.2. The zero-order valence-corrected chi connectivity index (χ0v) is 17.9. The van der Waals surface area contributed by atoms with Crippen LogP contribution >= 0.6 is 0 Å². The average molecular weight is 398 g/mol. The fourth-order valence-electron chi connectivity index (χ4n) is 5.85. The van der Waals surface area contributed by atoms with Crippen LogP contribution in [0.5, 0.6) is 5.75 Å². The molecule has 0 radical (unpaired) electrons. The van der Waals surface area contributed by atoms with Gasteiger partial charge in [-0.05, 0) is 79.6 Å². The number of likely N-dealkylation sites (tertiary alicyclic amines) is 1. The van der Waals surface area contributed by atoms with E-state index in [0.717, 1.165) is 25.0 Å². The van der Waals surface area contributed by atoms with Crippen LogP contribution in [-0.4, -0.2) is 31.1 Å². The van der Waals surface area contributed by atoms with Crippen molar-refractivity contribution in [2.45, 2.75) is 43.6 Å². The maximum absolute atomic E-state index is 5.68. The minimum atomic E-state index is 0.0525. The quantitative estimate of drug-likeness (QED) is 0.549. The monoisotopic (exact) mass is 397 g/mol. The third-order valence-corrected chi connectivity index (χ3v) is 7.21. The van der Waals surface area contributed by atoms with E-state index in [2.05, 4.69) is 83.8 Å². The highest BCUT2D eigenvalue weighted by atomic mass is 16.5. The molecule has 1 saturated heterocycles. The Labute approximate surface area is 180 Å². The molecular formula is C28H31NO. The number of methoxy groups -OCH3 is 1. The number of hydrogen-bond acceptors (Lipinski definition) is 2. The first-order valence-corrected chi connectivity index (χ1v) is 11.3. The van der Waals surface area contributed by atoms with Crippen LogP contribution in [0.1, 0.15) is 35.1 Å². The van der Waals surface area contributed by atoms with Crippen LogP contribution in [-0.2, 0) is 24.7 Å². The molecular weight excluding hydrogens is 366 g/mol. The van der Waals surface area contributed by atoms with Gasteiger partial charge in [-0.25, -0.2) is 0 Å². The number of rotatable bonds is 6. The molecule has 0 aromatic heterocycles. The van der Waals surface area contributed by atoms with E-state index < -0.39 is 0 Å². The van der Waals surface area contributed by atoms with E-state index in [0.29, 0.717) is 6.04 Å². The van der Waals surface area contributed by atoms with Gasteiger partial charge in [0.05, 0.1) is 7.11 Å². The highest BCUT2D eigenvalue weighted by molar-refractivity contribution is 5.49. The lowest BCUT2D eigenvalue weighted by Crippen LogP contribution is -2.50. The molecule has 0 amide bonds. The van der Waals surface area contributed by atoms with Gasteiger partial charge in [0.1, 0.15) is 5.75 Å². The average Bonchev–Trinajstić information content (AvgIpc) is 3.42. The SMILES string of the molecule is COc1ccc2c(c1)C(Cc1ccccc1)(Cc1ccccc1)C(N1CCCC1)C2. The smallest absolute Gasteiger partial charge is 0.119 e. The molecule has 0 N–H and O–H groups in total. The largest absolute Gasteiger partial charge is 0.497 e. The van der Waals surface area contributed by atoms with E-state index in [1.165, 1.54) is 48.2 Å². The standard InChI is InChI=1S/C28H31NO/c1-30-25-15-14-24-18-27(29-16-8-9-17-29)28(26(24)19-25,20-22-10-4-2-5-11-22)21-23-12-6-3-7-13-23/h2-7,10-15,19,27H,8-9,16-18,20-21H2,1H3. The second kappa shape index (κ2) is 8.28. The summed E-state index contributed by atoms with van der Waals surface area (Å²) in [4.78, 5) is 2.78. The fraction of sp³-hybridized carbons (Fsp3) is 0.357. The van der Waals surface area contributed by atoms with Gasteiger partial charge in [-0.3, -0.25) is 4.90 Å². The van der Waals surface area contributed by atoms with Gasteiger partial charge in [0.25, 0.3) is 0 Å². The van der Waals surface area contributed by atoms with Crippen molar-refractivity contribution in [3.05, 3.63) is 101 Å². The first-order valence-electron chi connectivity index (χ1n) is 11.3. The summed E-state index contributed by atoms with van der Waals surface area (Å²) in [6.45, 7) is 2.45. The molecule has 30 heavy (non-hydrogen) atoms. The Bertz CT molecular complexity index is 935. The van der Waals surface area contributed by atoms with Crippen molar-refractivity contribution in [1.82, 2.24) is 4.90 Å². The van der Waals surface area contributed by atoms with Crippen LogP contribution in [0, 0.1) is 0 Å². The lowest BCUT2D eigenvalue weighted by atomic mass is 9.69. The van der Waals surface area contributed by atoms with E-state index in [9.17, 15) is 0 Å².